The summed E-state index contributed by atoms with van der Waals surface area (Å²) in [6, 6.07) is 0. The third kappa shape index (κ3) is 4.47. The highest BCUT2D eigenvalue weighted by Crippen LogP contribution is 2.15. The Balaban J connectivity index is 2.64. The molecule has 2 N–H and O–H groups in total. The average molecular weight is 259 g/mol. The van der Waals surface area contributed by atoms with E-state index in [0.717, 1.165) is 19.4 Å². The number of nitrogens with two attached hydrogens (primary N) is 1. The van der Waals surface area contributed by atoms with Crippen molar-refractivity contribution in [3.05, 3.63) is 12.5 Å². The van der Waals surface area contributed by atoms with Gasteiger partial charge in [0.1, 0.15) is 0 Å². The average Bonchev–Trinajstić information content (AvgIpc) is 2.72. The number of rotatable bonds is 7. The molecule has 1 aromatic heterocycles. The monoisotopic (exact) mass is 259 g/mol. The highest BCUT2D eigenvalue weighted by molar-refractivity contribution is 7.89. The second kappa shape index (κ2) is 6.16. The lowest BCUT2D eigenvalue weighted by Crippen LogP contribution is -2.13. The number of aromatic nitrogens is 2. The van der Waals surface area contributed by atoms with Crippen LogP contribution in [0.3, 0.4) is 0 Å². The first-order valence-corrected chi connectivity index (χ1v) is 7.56. The van der Waals surface area contributed by atoms with Crippen LogP contribution in [0.1, 0.15) is 39.5 Å². The zero-order valence-electron chi connectivity index (χ0n) is 10.5. The summed E-state index contributed by atoms with van der Waals surface area (Å²) in [4.78, 5) is 3.81. The number of primary sulfonamides is 1. The molecule has 5 nitrogen and oxygen atoms in total. The molecule has 0 fully saturated rings. The standard InChI is InChI=1S/C11H21N3O2S/c1-3-5-6-10(4-2)7-14-8-11(13-9-14)17(12,15)16/h8-10H,3-7H2,1-2H3,(H2,12,15,16). The van der Waals surface area contributed by atoms with E-state index in [-0.39, 0.29) is 5.03 Å². The molecule has 0 spiro atoms. The molecule has 0 amide bonds. The van der Waals surface area contributed by atoms with Gasteiger partial charge in [-0.15, -0.1) is 0 Å². The Morgan fingerprint density at radius 2 is 2.18 bits per heavy atom. The molecule has 0 bridgehead atoms. The molecule has 0 aliphatic rings. The summed E-state index contributed by atoms with van der Waals surface area (Å²) in [7, 11) is -3.67. The smallest absolute Gasteiger partial charge is 0.257 e. The molecule has 0 saturated carbocycles. The molecule has 6 heteroatoms. The molecule has 1 unspecified atom stereocenters. The molecule has 0 aromatic carbocycles. The predicted molar refractivity (Wildman–Crippen MR) is 66.9 cm³/mol. The molecule has 1 rings (SSSR count). The van der Waals surface area contributed by atoms with Crippen LogP contribution in [-0.4, -0.2) is 18.0 Å². The Labute approximate surface area is 103 Å². The van der Waals surface area contributed by atoms with Crippen LogP contribution in [0.4, 0.5) is 0 Å². The Kier molecular flexibility index (Phi) is 5.14. The third-order valence-corrected chi connectivity index (χ3v) is 3.71. The summed E-state index contributed by atoms with van der Waals surface area (Å²) in [5, 5.41) is 4.96. The minimum Gasteiger partial charge on any atom is -0.336 e. The summed E-state index contributed by atoms with van der Waals surface area (Å²) in [5.41, 5.74) is 0. The van der Waals surface area contributed by atoms with Gasteiger partial charge in [-0.25, -0.2) is 18.5 Å². The molecule has 17 heavy (non-hydrogen) atoms. The summed E-state index contributed by atoms with van der Waals surface area (Å²) < 4.78 is 24.0. The molecule has 0 aliphatic heterocycles. The molecule has 0 aliphatic carbocycles. The number of sulfonamides is 1. The number of hydrogen-bond acceptors (Lipinski definition) is 3. The van der Waals surface area contributed by atoms with Gasteiger partial charge in [0.2, 0.25) is 0 Å². The maximum Gasteiger partial charge on any atom is 0.257 e. The second-order valence-corrected chi connectivity index (χ2v) is 5.88. The fourth-order valence-electron chi connectivity index (χ4n) is 1.80. The topological polar surface area (TPSA) is 78.0 Å². The Morgan fingerprint density at radius 1 is 1.47 bits per heavy atom. The number of unbranched alkanes of at least 4 members (excludes halogenated alkanes) is 1. The van der Waals surface area contributed by atoms with Crippen molar-refractivity contribution in [2.24, 2.45) is 11.1 Å². The van der Waals surface area contributed by atoms with E-state index in [9.17, 15) is 8.42 Å². The minimum atomic E-state index is -3.67. The predicted octanol–water partition coefficient (Wildman–Crippen LogP) is 1.75. The van der Waals surface area contributed by atoms with Gasteiger partial charge >= 0.3 is 0 Å². The first-order valence-electron chi connectivity index (χ1n) is 6.02. The Hall–Kier alpha value is -0.880. The van der Waals surface area contributed by atoms with E-state index in [1.54, 1.807) is 0 Å². The van der Waals surface area contributed by atoms with E-state index in [2.05, 4.69) is 18.8 Å². The van der Waals surface area contributed by atoms with Gasteiger partial charge in [-0.1, -0.05) is 33.1 Å². The summed E-state index contributed by atoms with van der Waals surface area (Å²) in [6.45, 7) is 5.12. The van der Waals surface area contributed by atoms with Crippen molar-refractivity contribution in [1.82, 2.24) is 9.55 Å². The van der Waals surface area contributed by atoms with Crippen molar-refractivity contribution >= 4 is 10.0 Å². The van der Waals surface area contributed by atoms with Crippen LogP contribution in [0.25, 0.3) is 0 Å². The molecular weight excluding hydrogens is 238 g/mol. The van der Waals surface area contributed by atoms with E-state index < -0.39 is 10.0 Å². The van der Waals surface area contributed by atoms with Crippen LogP contribution in [0.2, 0.25) is 0 Å². The van der Waals surface area contributed by atoms with Crippen molar-refractivity contribution in [1.29, 1.82) is 0 Å². The van der Waals surface area contributed by atoms with Crippen molar-refractivity contribution in [3.63, 3.8) is 0 Å². The minimum absolute atomic E-state index is 0.0529. The molecule has 0 saturated heterocycles. The summed E-state index contributed by atoms with van der Waals surface area (Å²) >= 11 is 0. The van der Waals surface area contributed by atoms with E-state index in [1.807, 2.05) is 4.57 Å². The van der Waals surface area contributed by atoms with E-state index in [0.29, 0.717) is 5.92 Å². The largest absolute Gasteiger partial charge is 0.336 e. The van der Waals surface area contributed by atoms with E-state index in [1.165, 1.54) is 25.4 Å². The maximum absolute atomic E-state index is 11.1. The first-order chi connectivity index (χ1) is 7.97. The van der Waals surface area contributed by atoms with Crippen LogP contribution in [-0.2, 0) is 16.6 Å². The van der Waals surface area contributed by atoms with Gasteiger partial charge < -0.3 is 4.57 Å². The normalized spacial score (nSPS) is 13.8. The lowest BCUT2D eigenvalue weighted by atomic mass is 9.99. The van der Waals surface area contributed by atoms with Crippen LogP contribution in [0, 0.1) is 5.92 Å². The van der Waals surface area contributed by atoms with Crippen molar-refractivity contribution < 1.29 is 8.42 Å². The zero-order valence-corrected chi connectivity index (χ0v) is 11.3. The highest BCUT2D eigenvalue weighted by atomic mass is 32.2. The second-order valence-electron chi connectivity index (χ2n) is 4.37. The first kappa shape index (κ1) is 14.2. The molecular formula is C11H21N3O2S. The Bertz CT molecular complexity index is 439. The van der Waals surface area contributed by atoms with Gasteiger partial charge in [0.25, 0.3) is 10.0 Å². The number of nitrogens with zero attached hydrogens (tertiary/aromatic N) is 2. The fourth-order valence-corrected chi connectivity index (χ4v) is 2.28. The molecule has 1 heterocycles. The lowest BCUT2D eigenvalue weighted by molar-refractivity contribution is 0.390. The van der Waals surface area contributed by atoms with E-state index >= 15 is 0 Å². The molecule has 1 atom stereocenters. The van der Waals surface area contributed by atoms with Gasteiger partial charge in [0.05, 0.1) is 6.33 Å². The third-order valence-electron chi connectivity index (χ3n) is 2.91. The Morgan fingerprint density at radius 3 is 2.65 bits per heavy atom. The van der Waals surface area contributed by atoms with Gasteiger partial charge in [0, 0.05) is 12.7 Å². The lowest BCUT2D eigenvalue weighted by Gasteiger charge is -2.14. The highest BCUT2D eigenvalue weighted by Gasteiger charge is 2.13. The van der Waals surface area contributed by atoms with Crippen LogP contribution in [0.15, 0.2) is 17.6 Å². The van der Waals surface area contributed by atoms with E-state index in [4.69, 9.17) is 5.14 Å². The summed E-state index contributed by atoms with van der Waals surface area (Å²) in [6.07, 6.45) is 7.68. The van der Waals surface area contributed by atoms with Gasteiger partial charge in [-0.2, -0.15) is 0 Å². The van der Waals surface area contributed by atoms with Crippen LogP contribution in [0.5, 0.6) is 0 Å². The quantitative estimate of drug-likeness (QED) is 0.810. The summed E-state index contributed by atoms with van der Waals surface area (Å²) in [5.74, 6) is 0.567. The fraction of sp³-hybridized carbons (Fsp3) is 0.727. The molecule has 0 radical (unpaired) electrons. The van der Waals surface area contributed by atoms with Gasteiger partial charge in [0.15, 0.2) is 5.03 Å². The van der Waals surface area contributed by atoms with Crippen molar-refractivity contribution in [3.8, 4) is 0 Å². The number of hydrogen-bond donors (Lipinski definition) is 1. The van der Waals surface area contributed by atoms with Gasteiger partial charge in [-0.05, 0) is 12.3 Å². The number of imidazole rings is 1. The molecule has 98 valence electrons. The van der Waals surface area contributed by atoms with Crippen molar-refractivity contribution in [2.75, 3.05) is 0 Å². The SMILES string of the molecule is CCCCC(CC)Cn1cnc(S(N)(=O)=O)c1. The van der Waals surface area contributed by atoms with Crippen LogP contribution < -0.4 is 5.14 Å². The maximum atomic E-state index is 11.1. The molecule has 1 aromatic rings. The van der Waals surface area contributed by atoms with Crippen molar-refractivity contribution in [2.45, 2.75) is 51.1 Å². The zero-order chi connectivity index (χ0) is 12.9. The van der Waals surface area contributed by atoms with Crippen LogP contribution >= 0.6 is 0 Å². The van der Waals surface area contributed by atoms with Gasteiger partial charge in [-0.3, -0.25) is 0 Å².